The number of fused-ring (bicyclic) bond motifs is 1. The Morgan fingerprint density at radius 3 is 2.65 bits per heavy atom. The zero-order valence-corrected chi connectivity index (χ0v) is 11.3. The minimum atomic E-state index is 0.307. The molecule has 0 aliphatic rings. The first-order chi connectivity index (χ1) is 7.88. The van der Waals surface area contributed by atoms with Gasteiger partial charge in [0.1, 0.15) is 5.82 Å². The van der Waals surface area contributed by atoms with Crippen molar-refractivity contribution in [1.29, 1.82) is 0 Å². The highest BCUT2D eigenvalue weighted by Crippen LogP contribution is 2.28. The summed E-state index contributed by atoms with van der Waals surface area (Å²) in [5.74, 6) is 1.63. The summed E-state index contributed by atoms with van der Waals surface area (Å²) >= 11 is 0. The van der Waals surface area contributed by atoms with E-state index in [1.807, 2.05) is 12.3 Å². The number of nitrogens with zero attached hydrogens (tertiary/aromatic N) is 2. The van der Waals surface area contributed by atoms with E-state index >= 15 is 0 Å². The molecular formula is C14H21N3. The van der Waals surface area contributed by atoms with Crippen LogP contribution in [-0.4, -0.2) is 15.0 Å². The van der Waals surface area contributed by atoms with Crippen LogP contribution < -0.4 is 0 Å². The Labute approximate surface area is 103 Å². The lowest BCUT2D eigenvalue weighted by molar-refractivity contribution is 0.257. The van der Waals surface area contributed by atoms with Gasteiger partial charge in [-0.15, -0.1) is 0 Å². The first-order valence-corrected chi connectivity index (χ1v) is 6.18. The van der Waals surface area contributed by atoms with Gasteiger partial charge in [0.2, 0.25) is 0 Å². The molecule has 3 nitrogen and oxygen atoms in total. The average molecular weight is 231 g/mol. The minimum absolute atomic E-state index is 0.307. The molecule has 3 heteroatoms. The molecule has 1 unspecified atom stereocenters. The van der Waals surface area contributed by atoms with E-state index in [0.717, 1.165) is 23.4 Å². The molecule has 0 aliphatic heterocycles. The van der Waals surface area contributed by atoms with Crippen LogP contribution in [0.15, 0.2) is 12.3 Å². The molecule has 0 bridgehead atoms. The number of nitrogens with one attached hydrogen (secondary N) is 1. The summed E-state index contributed by atoms with van der Waals surface area (Å²) in [4.78, 5) is 12.2. The number of pyridine rings is 1. The molecule has 0 fully saturated rings. The van der Waals surface area contributed by atoms with Crippen molar-refractivity contribution in [3.8, 4) is 0 Å². The molecule has 0 saturated carbocycles. The molecule has 2 heterocycles. The molecule has 0 amide bonds. The van der Waals surface area contributed by atoms with Gasteiger partial charge >= 0.3 is 0 Å². The summed E-state index contributed by atoms with van der Waals surface area (Å²) in [5, 5.41) is 0. The summed E-state index contributed by atoms with van der Waals surface area (Å²) in [7, 11) is 0. The number of aromatic amines is 1. The molecule has 1 atom stereocenters. The van der Waals surface area contributed by atoms with Gasteiger partial charge in [0.05, 0.1) is 5.52 Å². The predicted octanol–water partition coefficient (Wildman–Crippen LogP) is 3.49. The molecule has 0 radical (unpaired) electrons. The molecule has 0 aliphatic carbocycles. The van der Waals surface area contributed by atoms with Crippen molar-refractivity contribution >= 4 is 11.2 Å². The van der Waals surface area contributed by atoms with Gasteiger partial charge in [-0.1, -0.05) is 27.7 Å². The Bertz CT molecular complexity index is 520. The number of H-pyrrole nitrogens is 1. The topological polar surface area (TPSA) is 41.6 Å². The van der Waals surface area contributed by atoms with Crippen molar-refractivity contribution < 1.29 is 0 Å². The second-order valence-corrected chi connectivity index (χ2v) is 5.98. The third-order valence-corrected chi connectivity index (χ3v) is 3.63. The van der Waals surface area contributed by atoms with E-state index in [1.54, 1.807) is 0 Å². The van der Waals surface area contributed by atoms with Gasteiger partial charge in [-0.05, 0) is 29.9 Å². The third kappa shape index (κ3) is 2.48. The summed E-state index contributed by atoms with van der Waals surface area (Å²) in [5.41, 5.74) is 3.42. The van der Waals surface area contributed by atoms with Crippen LogP contribution in [0.1, 0.15) is 39.1 Å². The lowest BCUT2D eigenvalue weighted by Crippen LogP contribution is -2.19. The molecule has 92 valence electrons. The van der Waals surface area contributed by atoms with Gasteiger partial charge in [0.15, 0.2) is 5.65 Å². The van der Waals surface area contributed by atoms with Gasteiger partial charge in [0, 0.05) is 12.6 Å². The monoisotopic (exact) mass is 231 g/mol. The first-order valence-electron chi connectivity index (χ1n) is 6.18. The number of imidazole rings is 1. The van der Waals surface area contributed by atoms with Crippen LogP contribution in [0.4, 0.5) is 0 Å². The van der Waals surface area contributed by atoms with E-state index in [0.29, 0.717) is 11.3 Å². The number of hydrogen-bond acceptors (Lipinski definition) is 2. The maximum absolute atomic E-state index is 4.56. The van der Waals surface area contributed by atoms with Crippen LogP contribution in [0, 0.1) is 18.3 Å². The lowest BCUT2D eigenvalue weighted by Gasteiger charge is -2.26. The molecular weight excluding hydrogens is 210 g/mol. The maximum atomic E-state index is 4.56. The smallest absolute Gasteiger partial charge is 0.177 e. The Morgan fingerprint density at radius 2 is 2.06 bits per heavy atom. The molecule has 0 saturated heterocycles. The van der Waals surface area contributed by atoms with E-state index in [9.17, 15) is 0 Å². The largest absolute Gasteiger partial charge is 0.340 e. The molecule has 1 N–H and O–H groups in total. The highest BCUT2D eigenvalue weighted by molar-refractivity contribution is 5.74. The van der Waals surface area contributed by atoms with Crippen molar-refractivity contribution in [1.82, 2.24) is 15.0 Å². The van der Waals surface area contributed by atoms with E-state index in [2.05, 4.69) is 49.6 Å². The standard InChI is InChI=1S/C14H21N3/c1-9-6-7-15-13-12(9)16-11(17-13)8-10(2)14(3,4)5/h6-7,10H,8H2,1-5H3,(H,15,16,17). The highest BCUT2D eigenvalue weighted by Gasteiger charge is 2.21. The molecule has 2 rings (SSSR count). The van der Waals surface area contributed by atoms with Gasteiger partial charge in [-0.3, -0.25) is 0 Å². The van der Waals surface area contributed by atoms with Crippen molar-refractivity contribution in [2.24, 2.45) is 11.3 Å². The van der Waals surface area contributed by atoms with Crippen LogP contribution in [0.25, 0.3) is 11.2 Å². The first kappa shape index (κ1) is 12.1. The lowest BCUT2D eigenvalue weighted by atomic mass is 9.80. The second-order valence-electron chi connectivity index (χ2n) is 5.98. The van der Waals surface area contributed by atoms with Crippen molar-refractivity contribution in [3.63, 3.8) is 0 Å². The van der Waals surface area contributed by atoms with Crippen LogP contribution >= 0.6 is 0 Å². The fraction of sp³-hybridized carbons (Fsp3) is 0.571. The highest BCUT2D eigenvalue weighted by atomic mass is 15.0. The number of hydrogen-bond donors (Lipinski definition) is 1. The number of rotatable bonds is 2. The molecule has 2 aromatic heterocycles. The zero-order valence-electron chi connectivity index (χ0n) is 11.3. The molecule has 2 aromatic rings. The van der Waals surface area contributed by atoms with Gasteiger partial charge in [-0.2, -0.15) is 0 Å². The molecule has 17 heavy (non-hydrogen) atoms. The fourth-order valence-corrected chi connectivity index (χ4v) is 1.78. The average Bonchev–Trinajstić information content (AvgIpc) is 2.60. The van der Waals surface area contributed by atoms with Crippen LogP contribution in [0.3, 0.4) is 0 Å². The van der Waals surface area contributed by atoms with Gasteiger partial charge < -0.3 is 4.98 Å². The Morgan fingerprint density at radius 1 is 1.35 bits per heavy atom. The van der Waals surface area contributed by atoms with E-state index in [1.165, 1.54) is 5.56 Å². The van der Waals surface area contributed by atoms with Crippen LogP contribution in [-0.2, 0) is 6.42 Å². The predicted molar refractivity (Wildman–Crippen MR) is 70.9 cm³/mol. The van der Waals surface area contributed by atoms with E-state index in [-0.39, 0.29) is 0 Å². The fourth-order valence-electron chi connectivity index (χ4n) is 1.78. The zero-order chi connectivity index (χ0) is 12.6. The van der Waals surface area contributed by atoms with Crippen molar-refractivity contribution in [3.05, 3.63) is 23.7 Å². The van der Waals surface area contributed by atoms with Gasteiger partial charge in [-0.25, -0.2) is 9.97 Å². The van der Waals surface area contributed by atoms with Crippen molar-refractivity contribution in [2.45, 2.75) is 41.0 Å². The Balaban J connectivity index is 2.29. The molecule has 0 spiro atoms. The van der Waals surface area contributed by atoms with Crippen molar-refractivity contribution in [2.75, 3.05) is 0 Å². The number of aryl methyl sites for hydroxylation is 1. The van der Waals surface area contributed by atoms with E-state index in [4.69, 9.17) is 0 Å². The van der Waals surface area contributed by atoms with E-state index < -0.39 is 0 Å². The Kier molecular flexibility index (Phi) is 2.94. The van der Waals surface area contributed by atoms with Gasteiger partial charge in [0.25, 0.3) is 0 Å². The number of aromatic nitrogens is 3. The quantitative estimate of drug-likeness (QED) is 0.859. The maximum Gasteiger partial charge on any atom is 0.177 e. The normalized spacial score (nSPS) is 14.2. The Hall–Kier alpha value is -1.38. The summed E-state index contributed by atoms with van der Waals surface area (Å²) in [6.45, 7) is 11.2. The summed E-state index contributed by atoms with van der Waals surface area (Å²) in [6.07, 6.45) is 2.79. The minimum Gasteiger partial charge on any atom is -0.340 e. The summed E-state index contributed by atoms with van der Waals surface area (Å²) in [6, 6.07) is 2.01. The van der Waals surface area contributed by atoms with Crippen LogP contribution in [0.5, 0.6) is 0 Å². The third-order valence-electron chi connectivity index (χ3n) is 3.63. The SMILES string of the molecule is Cc1ccnc2nc(CC(C)C(C)(C)C)[nH]c12. The molecule has 0 aromatic carbocycles. The summed E-state index contributed by atoms with van der Waals surface area (Å²) < 4.78 is 0. The van der Waals surface area contributed by atoms with Crippen LogP contribution in [0.2, 0.25) is 0 Å². The second kappa shape index (κ2) is 4.13.